The molecule has 1 saturated heterocycles. The number of nitrogens with zero attached hydrogens (tertiary/aromatic N) is 1. The molecule has 0 saturated carbocycles. The van der Waals surface area contributed by atoms with Crippen LogP contribution in [0.15, 0.2) is 48.8 Å². The topological polar surface area (TPSA) is 172 Å². The number of carbonyl (C=O) groups is 3. The van der Waals surface area contributed by atoms with E-state index in [1.165, 1.54) is 5.56 Å². The third kappa shape index (κ3) is 11.2. The van der Waals surface area contributed by atoms with Crippen molar-refractivity contribution in [1.29, 1.82) is 0 Å². The zero-order valence-corrected chi connectivity index (χ0v) is 24.6. The number of rotatable bonds is 6. The maximum Gasteiger partial charge on any atom is 0.490 e. The molecule has 12 nitrogen and oxygen atoms in total. The van der Waals surface area contributed by atoms with E-state index in [-0.39, 0.29) is 18.1 Å². The number of aromatic nitrogens is 2. The van der Waals surface area contributed by atoms with Gasteiger partial charge in [-0.15, -0.1) is 0 Å². The van der Waals surface area contributed by atoms with Crippen LogP contribution in [0.5, 0.6) is 11.5 Å². The van der Waals surface area contributed by atoms with Crippen LogP contribution in [0, 0.1) is 0 Å². The van der Waals surface area contributed by atoms with Crippen LogP contribution >= 0.6 is 0 Å². The van der Waals surface area contributed by atoms with Gasteiger partial charge in [0.05, 0.1) is 38.2 Å². The number of anilines is 1. The van der Waals surface area contributed by atoms with Crippen LogP contribution in [-0.2, 0) is 32.1 Å². The first-order valence-corrected chi connectivity index (χ1v) is 13.8. The van der Waals surface area contributed by atoms with Gasteiger partial charge in [-0.3, -0.25) is 9.89 Å². The molecule has 2 aliphatic heterocycles. The molecule has 47 heavy (non-hydrogen) atoms. The summed E-state index contributed by atoms with van der Waals surface area (Å²) in [5, 5.41) is 27.6. The predicted molar refractivity (Wildman–Crippen MR) is 152 cm³/mol. The predicted octanol–water partition coefficient (Wildman–Crippen LogP) is 4.56. The summed E-state index contributed by atoms with van der Waals surface area (Å²) in [6.07, 6.45) is -4.26. The summed E-state index contributed by atoms with van der Waals surface area (Å²) in [5.41, 5.74) is 4.91. The molecular formula is C29H30F6N4O8. The average molecular weight is 677 g/mol. The SMILES string of the molecule is COc1ccc2c(c1)C[C@H](C(=O)Nc1ccc(-c3cn[nH]c3)cc1OC1CCOCC1)NC2.O=C(O)C(F)(F)F.O=C(O)C(F)(F)F. The Labute approximate surface area is 263 Å². The summed E-state index contributed by atoms with van der Waals surface area (Å²) < 4.78 is 80.6. The molecule has 3 aromatic rings. The van der Waals surface area contributed by atoms with Gasteiger partial charge in [-0.05, 0) is 47.4 Å². The molecule has 0 bridgehead atoms. The third-order valence-corrected chi connectivity index (χ3v) is 6.71. The highest BCUT2D eigenvalue weighted by Crippen LogP contribution is 2.33. The Balaban J connectivity index is 0.000000360. The molecule has 2 aromatic carbocycles. The summed E-state index contributed by atoms with van der Waals surface area (Å²) in [6, 6.07) is 11.5. The van der Waals surface area contributed by atoms with Gasteiger partial charge in [-0.1, -0.05) is 12.1 Å². The number of aromatic amines is 1. The van der Waals surface area contributed by atoms with E-state index in [0.29, 0.717) is 37.6 Å². The average Bonchev–Trinajstić information content (AvgIpc) is 3.57. The molecule has 18 heteroatoms. The van der Waals surface area contributed by atoms with Gasteiger partial charge in [0.25, 0.3) is 0 Å². The molecule has 1 fully saturated rings. The largest absolute Gasteiger partial charge is 0.497 e. The molecule has 3 heterocycles. The minimum Gasteiger partial charge on any atom is -0.497 e. The van der Waals surface area contributed by atoms with Crippen molar-refractivity contribution in [1.82, 2.24) is 15.5 Å². The maximum absolute atomic E-state index is 13.2. The number of methoxy groups -OCH3 is 1. The molecular weight excluding hydrogens is 646 g/mol. The van der Waals surface area contributed by atoms with Crippen molar-refractivity contribution in [3.05, 3.63) is 59.9 Å². The molecule has 0 aliphatic carbocycles. The molecule has 0 unspecified atom stereocenters. The van der Waals surface area contributed by atoms with Crippen molar-refractivity contribution in [3.63, 3.8) is 0 Å². The van der Waals surface area contributed by atoms with E-state index in [2.05, 4.69) is 20.8 Å². The monoisotopic (exact) mass is 676 g/mol. The summed E-state index contributed by atoms with van der Waals surface area (Å²) in [6.45, 7) is 2.01. The Kier molecular flexibility index (Phi) is 12.6. The molecule has 0 radical (unpaired) electrons. The van der Waals surface area contributed by atoms with E-state index in [9.17, 15) is 31.1 Å². The number of hydrogen-bond acceptors (Lipinski definition) is 8. The standard InChI is InChI=1S/C25H28N4O4.2C2HF3O2/c1-31-21-4-2-17-13-26-23(11-18(17)10-21)25(30)29-22-5-3-16(19-14-27-28-15-19)12-24(22)33-20-6-8-32-9-7-20;2*3-2(4,5)1(6)7/h2-5,10,12,14-15,20,23,26H,6-9,11,13H2,1H3,(H,27,28)(H,29,30);2*(H,6,7)/t23-;;/m1../s1. The highest BCUT2D eigenvalue weighted by atomic mass is 19.4. The lowest BCUT2D eigenvalue weighted by atomic mass is 9.95. The van der Waals surface area contributed by atoms with Crippen LogP contribution in [0.1, 0.15) is 24.0 Å². The second-order valence-corrected chi connectivity index (χ2v) is 9.99. The molecule has 2 aliphatic rings. The lowest BCUT2D eigenvalue weighted by Crippen LogP contribution is -2.44. The summed E-state index contributed by atoms with van der Waals surface area (Å²) in [7, 11) is 1.65. The number of benzene rings is 2. The number of halogens is 6. The number of hydrogen-bond donors (Lipinski definition) is 5. The number of amides is 1. The first-order valence-electron chi connectivity index (χ1n) is 13.8. The summed E-state index contributed by atoms with van der Waals surface area (Å²) in [4.78, 5) is 31.0. The van der Waals surface area contributed by atoms with Gasteiger partial charge in [0.2, 0.25) is 5.91 Å². The highest BCUT2D eigenvalue weighted by molar-refractivity contribution is 5.97. The van der Waals surface area contributed by atoms with Crippen molar-refractivity contribution >= 4 is 23.5 Å². The fourth-order valence-corrected chi connectivity index (χ4v) is 4.31. The van der Waals surface area contributed by atoms with Crippen LogP contribution in [0.4, 0.5) is 32.0 Å². The quantitative estimate of drug-likeness (QED) is 0.233. The maximum atomic E-state index is 13.2. The van der Waals surface area contributed by atoms with Gasteiger partial charge in [-0.25, -0.2) is 9.59 Å². The number of fused-ring (bicyclic) bond motifs is 1. The molecule has 0 spiro atoms. The van der Waals surface area contributed by atoms with Crippen molar-refractivity contribution < 1.29 is 65.1 Å². The van der Waals surface area contributed by atoms with Gasteiger partial charge in [-0.2, -0.15) is 31.4 Å². The number of nitrogens with one attached hydrogen (secondary N) is 3. The van der Waals surface area contributed by atoms with Crippen LogP contribution in [-0.4, -0.2) is 83.1 Å². The van der Waals surface area contributed by atoms with E-state index in [0.717, 1.165) is 35.3 Å². The molecule has 256 valence electrons. The molecule has 5 N–H and O–H groups in total. The molecule has 5 rings (SSSR count). The second kappa shape index (κ2) is 16.1. The fourth-order valence-electron chi connectivity index (χ4n) is 4.31. The lowest BCUT2D eigenvalue weighted by molar-refractivity contribution is -0.193. The molecule has 1 amide bonds. The van der Waals surface area contributed by atoms with E-state index < -0.39 is 24.3 Å². The normalized spacial score (nSPS) is 16.3. The van der Waals surface area contributed by atoms with Gasteiger partial charge in [0.15, 0.2) is 0 Å². The van der Waals surface area contributed by atoms with E-state index in [1.807, 2.05) is 42.6 Å². The molecule has 1 aromatic heterocycles. The minimum atomic E-state index is -5.08. The Morgan fingerprint density at radius 1 is 0.936 bits per heavy atom. The lowest BCUT2D eigenvalue weighted by Gasteiger charge is -2.27. The summed E-state index contributed by atoms with van der Waals surface area (Å²) in [5.74, 6) is -4.14. The van der Waals surface area contributed by atoms with Gasteiger partial charge in [0.1, 0.15) is 17.6 Å². The highest BCUT2D eigenvalue weighted by Gasteiger charge is 2.39. The number of carboxylic acid groups (broad SMARTS) is 2. The number of aliphatic carboxylic acids is 2. The number of H-pyrrole nitrogens is 1. The number of ether oxygens (including phenoxy) is 3. The Morgan fingerprint density at radius 2 is 1.57 bits per heavy atom. The third-order valence-electron chi connectivity index (χ3n) is 6.71. The van der Waals surface area contributed by atoms with Crippen molar-refractivity contribution in [2.45, 2.75) is 50.3 Å². The summed E-state index contributed by atoms with van der Waals surface area (Å²) >= 11 is 0. The Morgan fingerprint density at radius 3 is 2.13 bits per heavy atom. The number of carbonyl (C=O) groups excluding carboxylic acids is 1. The van der Waals surface area contributed by atoms with Crippen LogP contribution < -0.4 is 20.1 Å². The second-order valence-electron chi connectivity index (χ2n) is 9.99. The Bertz CT molecular complexity index is 1490. The van der Waals surface area contributed by atoms with Crippen LogP contribution in [0.3, 0.4) is 0 Å². The van der Waals surface area contributed by atoms with Gasteiger partial charge >= 0.3 is 24.3 Å². The van der Waals surface area contributed by atoms with Crippen molar-refractivity contribution in [3.8, 4) is 22.6 Å². The first-order chi connectivity index (χ1) is 22.1. The van der Waals surface area contributed by atoms with Crippen LogP contribution in [0.2, 0.25) is 0 Å². The number of carboxylic acids is 2. The Hall–Kier alpha value is -4.84. The minimum absolute atomic E-state index is 0.0566. The number of alkyl halides is 6. The van der Waals surface area contributed by atoms with Gasteiger partial charge in [0, 0.05) is 31.1 Å². The smallest absolute Gasteiger partial charge is 0.490 e. The zero-order valence-electron chi connectivity index (χ0n) is 24.6. The van der Waals surface area contributed by atoms with Crippen molar-refractivity contribution in [2.75, 3.05) is 25.6 Å². The zero-order chi connectivity index (χ0) is 34.8. The van der Waals surface area contributed by atoms with E-state index >= 15 is 0 Å². The van der Waals surface area contributed by atoms with E-state index in [1.54, 1.807) is 13.3 Å². The van der Waals surface area contributed by atoms with Crippen molar-refractivity contribution in [2.24, 2.45) is 0 Å². The first kappa shape index (κ1) is 36.6. The molecule has 1 atom stereocenters. The van der Waals surface area contributed by atoms with Crippen LogP contribution in [0.25, 0.3) is 11.1 Å². The van der Waals surface area contributed by atoms with Gasteiger partial charge < -0.3 is 35.1 Å². The van der Waals surface area contributed by atoms with E-state index in [4.69, 9.17) is 34.0 Å². The fraction of sp³-hybridized carbons (Fsp3) is 0.379.